The Hall–Kier alpha value is -2.74. The van der Waals surface area contributed by atoms with Crippen LogP contribution in [0.3, 0.4) is 0 Å². The lowest BCUT2D eigenvalue weighted by Gasteiger charge is -2.20. The average molecular weight is 457 g/mol. The number of phenolic OH excluding ortho intramolecular Hbond substituents is 1. The first-order chi connectivity index (χ1) is 15.9. The molecule has 0 aliphatic heterocycles. The number of aromatic nitrogens is 1. The summed E-state index contributed by atoms with van der Waals surface area (Å²) >= 11 is 0. The van der Waals surface area contributed by atoms with Gasteiger partial charge >= 0.3 is 0 Å². The van der Waals surface area contributed by atoms with E-state index >= 15 is 0 Å². The molecule has 0 spiro atoms. The molecule has 0 radical (unpaired) electrons. The fourth-order valence-electron chi connectivity index (χ4n) is 3.84. The fourth-order valence-corrected chi connectivity index (χ4v) is 3.84. The van der Waals surface area contributed by atoms with Crippen LogP contribution in [0, 0.1) is 0 Å². The molecular formula is C26H33FN2O4. The number of rotatable bonds is 13. The van der Waals surface area contributed by atoms with E-state index in [2.05, 4.69) is 10.3 Å². The highest BCUT2D eigenvalue weighted by molar-refractivity contribution is 5.87. The van der Waals surface area contributed by atoms with Gasteiger partial charge in [-0.3, -0.25) is 4.79 Å². The zero-order valence-corrected chi connectivity index (χ0v) is 19.0. The number of unbranched alkanes of at least 4 members (excludes halogenated alkanes) is 3. The third-order valence-electron chi connectivity index (χ3n) is 5.74. The Kier molecular flexibility index (Phi) is 9.00. The number of alkyl halides is 1. The van der Waals surface area contributed by atoms with Crippen molar-refractivity contribution in [2.45, 2.75) is 44.4 Å². The maximum Gasteiger partial charge on any atom is 0.248 e. The number of hydrogen-bond acceptors (Lipinski definition) is 5. The molecule has 3 rings (SSSR count). The molecule has 0 aliphatic carbocycles. The Balaban J connectivity index is 1.29. The monoisotopic (exact) mass is 456 g/mol. The van der Waals surface area contributed by atoms with Crippen molar-refractivity contribution in [3.63, 3.8) is 0 Å². The molecular weight excluding hydrogens is 423 g/mol. The predicted octanol–water partition coefficient (Wildman–Crippen LogP) is 4.32. The number of H-pyrrole nitrogens is 1. The van der Waals surface area contributed by atoms with Crippen LogP contribution in [-0.2, 0) is 10.4 Å². The quantitative estimate of drug-likeness (QED) is 0.288. The average Bonchev–Trinajstić information content (AvgIpc) is 2.81. The Labute approximate surface area is 193 Å². The molecule has 2 unspecified atom stereocenters. The Morgan fingerprint density at radius 3 is 2.61 bits per heavy atom. The number of aliphatic hydroxyl groups excluding tert-OH is 1. The maximum atomic E-state index is 14.7. The van der Waals surface area contributed by atoms with Crippen molar-refractivity contribution in [2.24, 2.45) is 0 Å². The number of nitrogens with one attached hydrogen (secondary N) is 2. The molecule has 4 N–H and O–H groups in total. The van der Waals surface area contributed by atoms with E-state index in [1.165, 1.54) is 12.1 Å². The maximum absolute atomic E-state index is 14.7. The van der Waals surface area contributed by atoms with Crippen LogP contribution in [0.15, 0.2) is 59.4 Å². The molecule has 1 aromatic heterocycles. The van der Waals surface area contributed by atoms with Gasteiger partial charge in [0.1, 0.15) is 5.75 Å². The number of fused-ring (bicyclic) bond motifs is 1. The minimum absolute atomic E-state index is 0.0215. The van der Waals surface area contributed by atoms with E-state index in [1.54, 1.807) is 31.2 Å². The van der Waals surface area contributed by atoms with Crippen molar-refractivity contribution < 1.29 is 19.3 Å². The van der Waals surface area contributed by atoms with Gasteiger partial charge in [0.25, 0.3) is 0 Å². The van der Waals surface area contributed by atoms with Crippen LogP contribution in [0.25, 0.3) is 10.9 Å². The Bertz CT molecular complexity index is 1070. The van der Waals surface area contributed by atoms with Gasteiger partial charge in [-0.2, -0.15) is 0 Å². The van der Waals surface area contributed by atoms with Crippen molar-refractivity contribution >= 4 is 10.9 Å². The molecule has 7 heteroatoms. The van der Waals surface area contributed by atoms with Crippen molar-refractivity contribution in [1.29, 1.82) is 0 Å². The molecule has 0 bridgehead atoms. The fraction of sp³-hybridized carbons (Fsp3) is 0.423. The van der Waals surface area contributed by atoms with Crippen molar-refractivity contribution in [1.82, 2.24) is 10.3 Å². The summed E-state index contributed by atoms with van der Waals surface area (Å²) in [7, 11) is 0. The molecule has 2 aromatic carbocycles. The predicted molar refractivity (Wildman–Crippen MR) is 128 cm³/mol. The van der Waals surface area contributed by atoms with E-state index in [0.29, 0.717) is 35.2 Å². The smallest absolute Gasteiger partial charge is 0.248 e. The zero-order valence-electron chi connectivity index (χ0n) is 19.0. The lowest BCUT2D eigenvalue weighted by Crippen LogP contribution is -2.23. The zero-order chi connectivity index (χ0) is 23.7. The van der Waals surface area contributed by atoms with E-state index in [0.717, 1.165) is 32.2 Å². The SMILES string of the molecule is CC(F)(COCCCCCCNCC(O)c1ccc(O)c2[nH]c(=O)ccc12)c1ccccc1. The van der Waals surface area contributed by atoms with Gasteiger partial charge in [-0.05, 0) is 49.6 Å². The number of aliphatic hydroxyl groups is 1. The van der Waals surface area contributed by atoms with Crippen LogP contribution in [-0.4, -0.2) is 41.5 Å². The van der Waals surface area contributed by atoms with E-state index in [1.807, 2.05) is 18.2 Å². The molecule has 6 nitrogen and oxygen atoms in total. The van der Waals surface area contributed by atoms with Crippen LogP contribution in [0.2, 0.25) is 0 Å². The molecule has 178 valence electrons. The first kappa shape index (κ1) is 24.9. The number of hydrogen-bond donors (Lipinski definition) is 4. The van der Waals surface area contributed by atoms with Crippen molar-refractivity contribution in [2.75, 3.05) is 26.3 Å². The van der Waals surface area contributed by atoms with E-state index in [9.17, 15) is 19.4 Å². The van der Waals surface area contributed by atoms with Crippen molar-refractivity contribution in [3.8, 4) is 5.75 Å². The highest BCUT2D eigenvalue weighted by Crippen LogP contribution is 2.28. The van der Waals surface area contributed by atoms with Crippen LogP contribution in [0.1, 0.15) is 49.8 Å². The first-order valence-corrected chi connectivity index (χ1v) is 11.4. The number of halogens is 1. The minimum Gasteiger partial charge on any atom is -0.506 e. The Morgan fingerprint density at radius 1 is 1.06 bits per heavy atom. The first-order valence-electron chi connectivity index (χ1n) is 11.4. The highest BCUT2D eigenvalue weighted by atomic mass is 19.1. The third-order valence-corrected chi connectivity index (χ3v) is 5.74. The molecule has 1 heterocycles. The summed E-state index contributed by atoms with van der Waals surface area (Å²) in [5, 5.41) is 24.4. The van der Waals surface area contributed by atoms with E-state index in [-0.39, 0.29) is 17.9 Å². The number of aromatic hydroxyl groups is 1. The topological polar surface area (TPSA) is 94.6 Å². The second kappa shape index (κ2) is 11.9. The molecule has 0 amide bonds. The summed E-state index contributed by atoms with van der Waals surface area (Å²) in [6, 6.07) is 15.2. The largest absolute Gasteiger partial charge is 0.506 e. The summed E-state index contributed by atoms with van der Waals surface area (Å²) < 4.78 is 20.2. The molecule has 0 saturated heterocycles. The van der Waals surface area contributed by atoms with Gasteiger partial charge in [0.15, 0.2) is 5.67 Å². The second-order valence-electron chi connectivity index (χ2n) is 8.54. The minimum atomic E-state index is -1.48. The summed E-state index contributed by atoms with van der Waals surface area (Å²) in [5.41, 5.74) is -0.170. The summed E-state index contributed by atoms with van der Waals surface area (Å²) in [6.07, 6.45) is 3.09. The molecule has 3 aromatic rings. The number of aromatic amines is 1. The van der Waals surface area contributed by atoms with Gasteiger partial charge in [-0.1, -0.05) is 49.2 Å². The lowest BCUT2D eigenvalue weighted by atomic mass is 9.99. The number of ether oxygens (including phenoxy) is 1. The van der Waals surface area contributed by atoms with Gasteiger partial charge in [-0.15, -0.1) is 0 Å². The number of phenols is 1. The van der Waals surface area contributed by atoms with Gasteiger partial charge < -0.3 is 25.3 Å². The Morgan fingerprint density at radius 2 is 1.82 bits per heavy atom. The van der Waals surface area contributed by atoms with Crippen molar-refractivity contribution in [3.05, 3.63) is 76.1 Å². The summed E-state index contributed by atoms with van der Waals surface area (Å²) in [6.45, 7) is 3.27. The molecule has 0 fully saturated rings. The molecule has 33 heavy (non-hydrogen) atoms. The lowest BCUT2D eigenvalue weighted by molar-refractivity contribution is 0.0219. The van der Waals surface area contributed by atoms with Crippen LogP contribution >= 0.6 is 0 Å². The van der Waals surface area contributed by atoms with Gasteiger partial charge in [0.2, 0.25) is 5.56 Å². The molecule has 0 saturated carbocycles. The van der Waals surface area contributed by atoms with Crippen LogP contribution < -0.4 is 10.9 Å². The number of benzene rings is 2. The van der Waals surface area contributed by atoms with Gasteiger partial charge in [0.05, 0.1) is 18.2 Å². The van der Waals surface area contributed by atoms with E-state index in [4.69, 9.17) is 4.74 Å². The molecule has 2 atom stereocenters. The molecule has 0 aliphatic rings. The summed E-state index contributed by atoms with van der Waals surface area (Å²) in [5.74, 6) is -0.0215. The standard InChI is InChI=1S/C26H33FN2O4/c1-26(27,19-9-5-4-6-10-19)18-33-16-8-3-2-7-15-28-17-23(31)20-11-13-22(30)25-21(20)12-14-24(32)29-25/h4-6,9-14,23,28,30-31H,2-3,7-8,15-18H2,1H3,(H,29,32). The summed E-state index contributed by atoms with van der Waals surface area (Å²) in [4.78, 5) is 14.1. The van der Waals surface area contributed by atoms with Gasteiger partial charge in [-0.25, -0.2) is 4.39 Å². The second-order valence-corrected chi connectivity index (χ2v) is 8.54. The third kappa shape index (κ3) is 7.12. The van der Waals surface area contributed by atoms with Crippen LogP contribution in [0.4, 0.5) is 4.39 Å². The highest BCUT2D eigenvalue weighted by Gasteiger charge is 2.25. The normalized spacial score (nSPS) is 14.3. The number of pyridine rings is 1. The van der Waals surface area contributed by atoms with Gasteiger partial charge in [0, 0.05) is 24.6 Å². The van der Waals surface area contributed by atoms with Crippen LogP contribution in [0.5, 0.6) is 5.75 Å². The van der Waals surface area contributed by atoms with E-state index < -0.39 is 11.8 Å².